The molecule has 0 spiro atoms. The average Bonchev–Trinajstić information content (AvgIpc) is 3.10. The van der Waals surface area contributed by atoms with Crippen LogP contribution in [-0.4, -0.2) is 31.7 Å². The Kier molecular flexibility index (Phi) is 5.89. The molecule has 2 atom stereocenters. The highest BCUT2D eigenvalue weighted by Gasteiger charge is 2.34. The van der Waals surface area contributed by atoms with Crippen LogP contribution in [0.3, 0.4) is 0 Å². The van der Waals surface area contributed by atoms with Crippen LogP contribution in [0.25, 0.3) is 0 Å². The number of amides is 1. The average molecular weight is 453 g/mol. The van der Waals surface area contributed by atoms with Gasteiger partial charge in [0.15, 0.2) is 0 Å². The summed E-state index contributed by atoms with van der Waals surface area (Å²) < 4.78 is 27.3. The lowest BCUT2D eigenvalue weighted by Crippen LogP contribution is -2.45. The maximum Gasteiger partial charge on any atom is 0.243 e. The maximum absolute atomic E-state index is 12.9. The van der Waals surface area contributed by atoms with Gasteiger partial charge in [-0.25, -0.2) is 8.42 Å². The van der Waals surface area contributed by atoms with Crippen molar-refractivity contribution in [3.8, 4) is 0 Å². The van der Waals surface area contributed by atoms with E-state index in [2.05, 4.69) is 5.32 Å². The summed E-state index contributed by atoms with van der Waals surface area (Å²) in [5.74, 6) is -0.448. The van der Waals surface area contributed by atoms with E-state index in [1.807, 2.05) is 18.2 Å². The van der Waals surface area contributed by atoms with E-state index in [0.717, 1.165) is 18.4 Å². The zero-order chi connectivity index (χ0) is 20.6. The Balaban J connectivity index is 1.45. The number of halogens is 2. The van der Waals surface area contributed by atoms with Crippen molar-refractivity contribution in [1.82, 2.24) is 9.62 Å². The summed E-state index contributed by atoms with van der Waals surface area (Å²) >= 11 is 11.9. The molecule has 2 unspecified atom stereocenters. The molecule has 8 heteroatoms. The number of fused-ring (bicyclic) bond motifs is 1. The van der Waals surface area contributed by atoms with E-state index in [4.69, 9.17) is 23.2 Å². The van der Waals surface area contributed by atoms with Crippen molar-refractivity contribution in [3.05, 3.63) is 63.6 Å². The first kappa shape index (κ1) is 20.7. The van der Waals surface area contributed by atoms with Gasteiger partial charge < -0.3 is 5.32 Å². The molecule has 0 saturated carbocycles. The zero-order valence-electron chi connectivity index (χ0n) is 15.8. The lowest BCUT2D eigenvalue weighted by Gasteiger charge is -2.32. The minimum atomic E-state index is -3.65. The minimum absolute atomic E-state index is 0.0435. The summed E-state index contributed by atoms with van der Waals surface area (Å²) in [6.07, 6.45) is 3.05. The summed E-state index contributed by atoms with van der Waals surface area (Å²) in [5.41, 5.74) is 2.27. The first-order chi connectivity index (χ1) is 13.8. The molecule has 1 amide bonds. The molecule has 1 aliphatic heterocycles. The van der Waals surface area contributed by atoms with Crippen molar-refractivity contribution in [2.24, 2.45) is 5.92 Å². The molecular weight excluding hydrogens is 431 g/mol. The fraction of sp³-hybridized carbons (Fsp3) is 0.381. The van der Waals surface area contributed by atoms with E-state index in [1.54, 1.807) is 12.1 Å². The van der Waals surface area contributed by atoms with Gasteiger partial charge in [0.05, 0.1) is 16.9 Å². The number of nitrogens with zero attached hydrogens (tertiary/aromatic N) is 1. The molecule has 5 nitrogen and oxygen atoms in total. The minimum Gasteiger partial charge on any atom is -0.349 e. The predicted molar refractivity (Wildman–Crippen MR) is 114 cm³/mol. The van der Waals surface area contributed by atoms with Crippen LogP contribution in [0.4, 0.5) is 0 Å². The van der Waals surface area contributed by atoms with Gasteiger partial charge in [-0.15, -0.1) is 0 Å². The smallest absolute Gasteiger partial charge is 0.243 e. The van der Waals surface area contributed by atoms with Crippen LogP contribution in [0.2, 0.25) is 10.0 Å². The molecule has 1 fully saturated rings. The molecule has 2 aromatic carbocycles. The Labute approximate surface area is 181 Å². The number of benzene rings is 2. The predicted octanol–water partition coefficient (Wildman–Crippen LogP) is 4.20. The molecule has 2 aromatic rings. The van der Waals surface area contributed by atoms with Gasteiger partial charge in [0.1, 0.15) is 0 Å². The van der Waals surface area contributed by atoms with Crippen LogP contribution in [0, 0.1) is 5.92 Å². The van der Waals surface area contributed by atoms with Gasteiger partial charge in [-0.05, 0) is 73.2 Å². The second-order valence-corrected chi connectivity index (χ2v) is 10.4. The number of hydrogen-bond acceptors (Lipinski definition) is 3. The monoisotopic (exact) mass is 452 g/mol. The molecule has 154 valence electrons. The Morgan fingerprint density at radius 2 is 1.76 bits per heavy atom. The summed E-state index contributed by atoms with van der Waals surface area (Å²) in [4.78, 5) is 13.1. The van der Waals surface area contributed by atoms with Crippen LogP contribution < -0.4 is 5.32 Å². The van der Waals surface area contributed by atoms with E-state index in [0.29, 0.717) is 29.4 Å². The fourth-order valence-corrected chi connectivity index (χ4v) is 6.00. The van der Waals surface area contributed by atoms with Gasteiger partial charge >= 0.3 is 0 Å². The van der Waals surface area contributed by atoms with Gasteiger partial charge in [-0.2, -0.15) is 4.31 Å². The molecule has 29 heavy (non-hydrogen) atoms. The number of nitrogens with one attached hydrogen (secondary N) is 1. The van der Waals surface area contributed by atoms with Crippen molar-refractivity contribution in [2.45, 2.75) is 36.6 Å². The second-order valence-electron chi connectivity index (χ2n) is 7.60. The van der Waals surface area contributed by atoms with Gasteiger partial charge in [0.2, 0.25) is 15.9 Å². The molecule has 0 bridgehead atoms. The Hall–Kier alpha value is -1.60. The lowest BCUT2D eigenvalue weighted by molar-refractivity contribution is -0.126. The number of sulfonamides is 1. The summed E-state index contributed by atoms with van der Waals surface area (Å²) in [6.45, 7) is 0.608. The van der Waals surface area contributed by atoms with E-state index in [-0.39, 0.29) is 29.3 Å². The molecule has 1 saturated heterocycles. The number of carbonyl (C=O) groups is 1. The van der Waals surface area contributed by atoms with Crippen molar-refractivity contribution in [2.75, 3.05) is 13.1 Å². The molecule has 1 N–H and O–H groups in total. The van der Waals surface area contributed by atoms with Crippen LogP contribution >= 0.6 is 23.2 Å². The molecule has 0 radical (unpaired) electrons. The number of rotatable bonds is 4. The highest BCUT2D eigenvalue weighted by Crippen LogP contribution is 2.33. The summed E-state index contributed by atoms with van der Waals surface area (Å²) in [5, 5.41) is 4.31. The Morgan fingerprint density at radius 1 is 1.03 bits per heavy atom. The highest BCUT2D eigenvalue weighted by molar-refractivity contribution is 7.89. The Morgan fingerprint density at radius 3 is 2.52 bits per heavy atom. The summed E-state index contributed by atoms with van der Waals surface area (Å²) in [6, 6.07) is 11.8. The number of carbonyl (C=O) groups excluding carboxylic acids is 1. The molecule has 0 aromatic heterocycles. The third-order valence-corrected chi connectivity index (χ3v) is 8.07. The topological polar surface area (TPSA) is 66.5 Å². The SMILES string of the molecule is O=C(NC1CCc2cc(Cl)ccc21)C1CCCN(S(=O)(=O)c2ccc(Cl)cc2)C1. The first-order valence-corrected chi connectivity index (χ1v) is 11.9. The fourth-order valence-electron chi connectivity index (χ4n) is 4.16. The lowest BCUT2D eigenvalue weighted by atomic mass is 9.98. The first-order valence-electron chi connectivity index (χ1n) is 9.69. The number of piperidine rings is 1. The van der Waals surface area contributed by atoms with Crippen molar-refractivity contribution in [1.29, 1.82) is 0 Å². The number of aryl methyl sites for hydroxylation is 1. The number of hydrogen-bond donors (Lipinski definition) is 1. The van der Waals surface area contributed by atoms with Gasteiger partial charge in [-0.1, -0.05) is 29.3 Å². The zero-order valence-corrected chi connectivity index (χ0v) is 18.1. The maximum atomic E-state index is 12.9. The Bertz CT molecular complexity index is 1020. The van der Waals surface area contributed by atoms with Gasteiger partial charge in [0.25, 0.3) is 0 Å². The molecule has 4 rings (SSSR count). The van der Waals surface area contributed by atoms with E-state index in [9.17, 15) is 13.2 Å². The standard InChI is InChI=1S/C21H22Cl2N2O3S/c22-16-4-7-18(8-5-16)29(27,28)25-11-1-2-15(13-25)21(26)24-20-10-3-14-12-17(23)6-9-19(14)20/h4-9,12,15,20H,1-3,10-11,13H2,(H,24,26). The third-order valence-electron chi connectivity index (χ3n) is 5.71. The summed E-state index contributed by atoms with van der Waals surface area (Å²) in [7, 11) is -3.65. The third kappa shape index (κ3) is 4.31. The van der Waals surface area contributed by atoms with E-state index >= 15 is 0 Å². The van der Waals surface area contributed by atoms with Gasteiger partial charge in [0, 0.05) is 23.1 Å². The van der Waals surface area contributed by atoms with Crippen LogP contribution in [0.1, 0.15) is 36.4 Å². The van der Waals surface area contributed by atoms with Crippen LogP contribution in [0.5, 0.6) is 0 Å². The molecule has 2 aliphatic rings. The molecule has 1 aliphatic carbocycles. The largest absolute Gasteiger partial charge is 0.349 e. The second kappa shape index (κ2) is 8.26. The molecule has 1 heterocycles. The van der Waals surface area contributed by atoms with Crippen molar-refractivity contribution in [3.63, 3.8) is 0 Å². The van der Waals surface area contributed by atoms with Crippen LogP contribution in [0.15, 0.2) is 47.4 Å². The van der Waals surface area contributed by atoms with Crippen LogP contribution in [-0.2, 0) is 21.2 Å². The highest BCUT2D eigenvalue weighted by atomic mass is 35.5. The van der Waals surface area contributed by atoms with Crippen molar-refractivity contribution >= 4 is 39.1 Å². The van der Waals surface area contributed by atoms with Crippen molar-refractivity contribution < 1.29 is 13.2 Å². The van der Waals surface area contributed by atoms with E-state index in [1.165, 1.54) is 22.0 Å². The quantitative estimate of drug-likeness (QED) is 0.755. The normalized spacial score (nSPS) is 22.3. The molecular formula is C21H22Cl2N2O3S. The van der Waals surface area contributed by atoms with E-state index < -0.39 is 10.0 Å². The van der Waals surface area contributed by atoms with Gasteiger partial charge in [-0.3, -0.25) is 4.79 Å².